The van der Waals surface area contributed by atoms with Gasteiger partial charge in [-0.3, -0.25) is 4.79 Å². The molecule has 1 aliphatic rings. The maximum atomic E-state index is 12.6. The molecule has 0 aromatic carbocycles. The molecule has 3 aromatic heterocycles. The van der Waals surface area contributed by atoms with Crippen molar-refractivity contribution in [3.8, 4) is 6.07 Å². The highest BCUT2D eigenvalue weighted by molar-refractivity contribution is 8.00. The first-order valence-corrected chi connectivity index (χ1v) is 11.2. The molecule has 0 radical (unpaired) electrons. The quantitative estimate of drug-likeness (QED) is 0.581. The number of nitrogens with one attached hydrogen (secondary N) is 1. The van der Waals surface area contributed by atoms with Crippen molar-refractivity contribution < 1.29 is 4.79 Å². The molecule has 3 heterocycles. The molecule has 6 nitrogen and oxygen atoms in total. The van der Waals surface area contributed by atoms with Crippen molar-refractivity contribution in [3.05, 3.63) is 45.2 Å². The van der Waals surface area contributed by atoms with Gasteiger partial charge in [0.1, 0.15) is 16.9 Å². The topological polar surface area (TPSA) is 83.6 Å². The maximum Gasteiger partial charge on any atom is 0.238 e. The lowest BCUT2D eigenvalue weighted by atomic mass is 10.3. The van der Waals surface area contributed by atoms with Crippen molar-refractivity contribution >= 4 is 45.3 Å². The first-order valence-electron chi connectivity index (χ1n) is 8.57. The predicted molar refractivity (Wildman–Crippen MR) is 108 cm³/mol. The molecule has 1 saturated carbocycles. The van der Waals surface area contributed by atoms with Crippen LogP contribution in [0, 0.1) is 11.3 Å². The molecule has 1 unspecified atom stereocenters. The van der Waals surface area contributed by atoms with E-state index in [9.17, 15) is 4.79 Å². The molecule has 9 heteroatoms. The van der Waals surface area contributed by atoms with Gasteiger partial charge in [0.15, 0.2) is 5.16 Å². The lowest BCUT2D eigenvalue weighted by molar-refractivity contribution is -0.115. The minimum absolute atomic E-state index is 0.135. The van der Waals surface area contributed by atoms with Crippen LogP contribution in [0.3, 0.4) is 0 Å². The van der Waals surface area contributed by atoms with E-state index in [1.165, 1.54) is 28.0 Å². The number of hydrogen-bond acceptors (Lipinski definition) is 7. The van der Waals surface area contributed by atoms with Crippen LogP contribution in [0.1, 0.15) is 42.1 Å². The third kappa shape index (κ3) is 4.08. The summed E-state index contributed by atoms with van der Waals surface area (Å²) in [6.07, 6.45) is 3.03. The van der Waals surface area contributed by atoms with E-state index in [4.69, 9.17) is 5.26 Å². The van der Waals surface area contributed by atoms with Crippen LogP contribution < -0.4 is 5.32 Å². The van der Waals surface area contributed by atoms with Gasteiger partial charge in [0.25, 0.3) is 0 Å². The van der Waals surface area contributed by atoms with Crippen molar-refractivity contribution in [2.24, 2.45) is 0 Å². The van der Waals surface area contributed by atoms with Gasteiger partial charge in [0.2, 0.25) is 5.91 Å². The number of nitriles is 1. The van der Waals surface area contributed by atoms with Gasteiger partial charge in [-0.1, -0.05) is 17.8 Å². The maximum absolute atomic E-state index is 12.6. The number of rotatable bonds is 7. The Balaban J connectivity index is 1.48. The van der Waals surface area contributed by atoms with Crippen LogP contribution in [-0.4, -0.2) is 25.9 Å². The number of nitrogens with zero attached hydrogens (tertiary/aromatic N) is 4. The normalized spacial score (nSPS) is 14.7. The number of thioether (sulfide) groups is 1. The van der Waals surface area contributed by atoms with Gasteiger partial charge in [0.05, 0.1) is 10.8 Å². The predicted octanol–water partition coefficient (Wildman–Crippen LogP) is 4.32. The lowest BCUT2D eigenvalue weighted by Crippen LogP contribution is -2.22. The fourth-order valence-corrected chi connectivity index (χ4v) is 5.08. The summed E-state index contributed by atoms with van der Waals surface area (Å²) in [5.74, 6) is 0.823. The van der Waals surface area contributed by atoms with Crippen molar-refractivity contribution in [2.45, 2.75) is 42.6 Å². The molecule has 1 amide bonds. The Labute approximate surface area is 169 Å². The van der Waals surface area contributed by atoms with Gasteiger partial charge < -0.3 is 9.88 Å². The molecular weight excluding hydrogens is 398 g/mol. The fraction of sp³-hybridized carbons (Fsp3) is 0.333. The van der Waals surface area contributed by atoms with Crippen molar-refractivity contribution in [2.75, 3.05) is 5.32 Å². The molecule has 0 saturated heterocycles. The minimum atomic E-state index is -0.338. The van der Waals surface area contributed by atoms with Crippen LogP contribution in [0.25, 0.3) is 0 Å². The molecule has 4 rings (SSSR count). The van der Waals surface area contributed by atoms with E-state index in [1.54, 1.807) is 22.8 Å². The monoisotopic (exact) mass is 415 g/mol. The second-order valence-electron chi connectivity index (χ2n) is 6.28. The first kappa shape index (κ1) is 18.2. The van der Waals surface area contributed by atoms with Gasteiger partial charge in [-0.05, 0) is 42.7 Å². The number of hydrogen-bond donors (Lipinski definition) is 1. The van der Waals surface area contributed by atoms with Crippen molar-refractivity contribution in [1.29, 1.82) is 5.26 Å². The van der Waals surface area contributed by atoms with E-state index in [-0.39, 0.29) is 11.2 Å². The number of aromatic nitrogens is 3. The summed E-state index contributed by atoms with van der Waals surface area (Å²) in [6, 6.07) is 8.38. The zero-order chi connectivity index (χ0) is 18.8. The zero-order valence-electron chi connectivity index (χ0n) is 14.6. The largest absolute Gasteiger partial charge is 0.316 e. The summed E-state index contributed by atoms with van der Waals surface area (Å²) in [5.41, 5.74) is 0.491. The number of carbonyl (C=O) groups is 1. The average molecular weight is 416 g/mol. The van der Waals surface area contributed by atoms with Crippen molar-refractivity contribution in [3.63, 3.8) is 0 Å². The molecule has 3 aromatic rings. The number of anilines is 1. The van der Waals surface area contributed by atoms with Gasteiger partial charge in [0, 0.05) is 17.3 Å². The molecule has 138 valence electrons. The van der Waals surface area contributed by atoms with E-state index in [1.807, 2.05) is 13.0 Å². The molecule has 0 bridgehead atoms. The minimum Gasteiger partial charge on any atom is -0.316 e. The molecule has 0 spiro atoms. The summed E-state index contributed by atoms with van der Waals surface area (Å²) in [4.78, 5) is 13.8. The number of carbonyl (C=O) groups excluding carboxylic acids is 1. The highest BCUT2D eigenvalue weighted by Gasteiger charge is 2.31. The Kier molecular flexibility index (Phi) is 5.29. The summed E-state index contributed by atoms with van der Waals surface area (Å²) in [6.45, 7) is 1.85. The Morgan fingerprint density at radius 3 is 2.96 bits per heavy atom. The summed E-state index contributed by atoms with van der Waals surface area (Å²) in [7, 11) is 0. The standard InChI is InChI=1S/C18H17N5OS3/c1-11(16(24)20-17-12(10-19)6-8-26-17)27-18-22-21-15(23(18)13-4-5-13)9-14-3-2-7-25-14/h2-3,6-8,11,13H,4-5,9H2,1H3,(H,20,24). The highest BCUT2D eigenvalue weighted by Crippen LogP contribution is 2.40. The van der Waals surface area contributed by atoms with Gasteiger partial charge >= 0.3 is 0 Å². The Bertz CT molecular complexity index is 981. The van der Waals surface area contributed by atoms with E-state index >= 15 is 0 Å². The number of amides is 1. The molecule has 0 aliphatic heterocycles. The number of thiophene rings is 2. The van der Waals surface area contributed by atoms with E-state index < -0.39 is 0 Å². The van der Waals surface area contributed by atoms with E-state index in [0.29, 0.717) is 16.6 Å². The lowest BCUT2D eigenvalue weighted by Gasteiger charge is -2.13. The molecule has 1 aliphatic carbocycles. The Hall–Kier alpha value is -2.15. The molecule has 1 atom stereocenters. The molecular formula is C18H17N5OS3. The average Bonchev–Trinajstić information content (AvgIpc) is 3.05. The molecule has 1 fully saturated rings. The second kappa shape index (κ2) is 7.84. The Morgan fingerprint density at radius 1 is 1.41 bits per heavy atom. The highest BCUT2D eigenvalue weighted by atomic mass is 32.2. The summed E-state index contributed by atoms with van der Waals surface area (Å²) < 4.78 is 2.19. The molecule has 1 N–H and O–H groups in total. The van der Waals surface area contributed by atoms with Crippen LogP contribution in [0.5, 0.6) is 0 Å². The third-order valence-electron chi connectivity index (χ3n) is 4.23. The third-order valence-corrected chi connectivity index (χ3v) is 7.00. The van der Waals surface area contributed by atoms with Crippen LogP contribution >= 0.6 is 34.4 Å². The van der Waals surface area contributed by atoms with Gasteiger partial charge in [-0.25, -0.2) is 0 Å². The molecule has 27 heavy (non-hydrogen) atoms. The van der Waals surface area contributed by atoms with Crippen molar-refractivity contribution in [1.82, 2.24) is 14.8 Å². The second-order valence-corrected chi connectivity index (χ2v) is 9.54. The first-order chi connectivity index (χ1) is 13.2. The van der Waals surface area contributed by atoms with Crippen LogP contribution in [0.15, 0.2) is 34.1 Å². The fourth-order valence-electron chi connectivity index (χ4n) is 2.70. The Morgan fingerprint density at radius 2 is 2.26 bits per heavy atom. The SMILES string of the molecule is CC(Sc1nnc(Cc2cccs2)n1C1CC1)C(=O)Nc1sccc1C#N. The van der Waals surface area contributed by atoms with Crippen LogP contribution in [0.4, 0.5) is 5.00 Å². The van der Waals surface area contributed by atoms with Gasteiger partial charge in [-0.15, -0.1) is 32.9 Å². The van der Waals surface area contributed by atoms with Gasteiger partial charge in [-0.2, -0.15) is 5.26 Å². The van der Waals surface area contributed by atoms with Crippen LogP contribution in [0.2, 0.25) is 0 Å². The smallest absolute Gasteiger partial charge is 0.238 e. The van der Waals surface area contributed by atoms with E-state index in [2.05, 4.69) is 37.6 Å². The zero-order valence-corrected chi connectivity index (χ0v) is 17.0. The summed E-state index contributed by atoms with van der Waals surface area (Å²) >= 11 is 4.49. The van der Waals surface area contributed by atoms with E-state index in [0.717, 1.165) is 30.2 Å². The summed E-state index contributed by atoms with van der Waals surface area (Å²) in [5, 5.41) is 25.6. The van der Waals surface area contributed by atoms with Crippen LogP contribution in [-0.2, 0) is 11.2 Å².